The highest BCUT2D eigenvalue weighted by Crippen LogP contribution is 2.24. The Morgan fingerprint density at radius 1 is 1.47 bits per heavy atom. The lowest BCUT2D eigenvalue weighted by atomic mass is 9.98. The second-order valence-electron chi connectivity index (χ2n) is 5.05. The normalized spacial score (nSPS) is 18.3. The minimum atomic E-state index is -0.0366. The van der Waals surface area contributed by atoms with Crippen molar-refractivity contribution < 1.29 is 0 Å². The van der Waals surface area contributed by atoms with E-state index in [2.05, 4.69) is 14.8 Å². The third-order valence-corrected chi connectivity index (χ3v) is 3.76. The molecule has 0 aromatic carbocycles. The first-order valence-electron chi connectivity index (χ1n) is 6.48. The number of rotatable bonds is 2. The second kappa shape index (κ2) is 4.62. The largest absolute Gasteiger partial charge is 0.330 e. The lowest BCUT2D eigenvalue weighted by molar-refractivity contribution is 0.391. The van der Waals surface area contributed by atoms with E-state index in [1.54, 1.807) is 23.9 Å². The van der Waals surface area contributed by atoms with Gasteiger partial charge in [0, 0.05) is 37.8 Å². The van der Waals surface area contributed by atoms with Crippen molar-refractivity contribution in [2.45, 2.75) is 19.4 Å². The number of nitrogens with zero attached hydrogens (tertiary/aromatic N) is 4. The van der Waals surface area contributed by atoms with E-state index in [4.69, 9.17) is 5.73 Å². The Bertz CT molecular complexity index is 657. The van der Waals surface area contributed by atoms with Crippen LogP contribution in [0.4, 0.5) is 0 Å². The van der Waals surface area contributed by atoms with Gasteiger partial charge in [-0.1, -0.05) is 0 Å². The molecule has 0 saturated carbocycles. The molecule has 1 aliphatic rings. The van der Waals surface area contributed by atoms with Crippen LogP contribution in [-0.4, -0.2) is 25.9 Å². The molecule has 19 heavy (non-hydrogen) atoms. The van der Waals surface area contributed by atoms with E-state index in [0.29, 0.717) is 12.5 Å². The van der Waals surface area contributed by atoms with Crippen molar-refractivity contribution in [3.8, 4) is 11.4 Å². The molecule has 0 aliphatic carbocycles. The quantitative estimate of drug-likeness (QED) is 0.833. The lowest BCUT2D eigenvalue weighted by Crippen LogP contribution is -2.26. The van der Waals surface area contributed by atoms with Gasteiger partial charge in [-0.05, 0) is 24.9 Å². The predicted molar refractivity (Wildman–Crippen MR) is 71.6 cm³/mol. The summed E-state index contributed by atoms with van der Waals surface area (Å²) < 4.78 is 3.64. The first kappa shape index (κ1) is 12.1. The molecule has 2 aromatic heterocycles. The molecule has 2 aromatic rings. The number of aryl methyl sites for hydroxylation is 1. The number of hydrogen-bond donors (Lipinski definition) is 1. The minimum Gasteiger partial charge on any atom is -0.330 e. The molecule has 0 spiro atoms. The van der Waals surface area contributed by atoms with Gasteiger partial charge in [0.05, 0.1) is 0 Å². The SMILES string of the molecule is Cn1ccc(-c2nnc3n2CCC(CN)C3)cc1=O. The van der Waals surface area contributed by atoms with Gasteiger partial charge in [0.1, 0.15) is 5.82 Å². The highest BCUT2D eigenvalue weighted by molar-refractivity contribution is 5.54. The van der Waals surface area contributed by atoms with Crippen molar-refractivity contribution in [1.29, 1.82) is 0 Å². The van der Waals surface area contributed by atoms with E-state index in [1.165, 1.54) is 0 Å². The van der Waals surface area contributed by atoms with Gasteiger partial charge >= 0.3 is 0 Å². The molecule has 0 saturated heterocycles. The fraction of sp³-hybridized carbons (Fsp3) is 0.462. The molecular weight excluding hydrogens is 242 g/mol. The van der Waals surface area contributed by atoms with E-state index in [-0.39, 0.29) is 5.56 Å². The fourth-order valence-electron chi connectivity index (χ4n) is 2.50. The zero-order chi connectivity index (χ0) is 13.4. The van der Waals surface area contributed by atoms with Crippen LogP contribution < -0.4 is 11.3 Å². The van der Waals surface area contributed by atoms with Gasteiger partial charge in [-0.25, -0.2) is 0 Å². The Balaban J connectivity index is 2.01. The number of fused-ring (bicyclic) bond motifs is 1. The molecule has 6 nitrogen and oxygen atoms in total. The Labute approximate surface area is 110 Å². The number of hydrogen-bond acceptors (Lipinski definition) is 4. The van der Waals surface area contributed by atoms with Crippen LogP contribution in [0.1, 0.15) is 12.2 Å². The van der Waals surface area contributed by atoms with Crippen molar-refractivity contribution in [3.63, 3.8) is 0 Å². The van der Waals surface area contributed by atoms with Crippen LogP contribution in [0.5, 0.6) is 0 Å². The summed E-state index contributed by atoms with van der Waals surface area (Å²) in [4.78, 5) is 11.7. The van der Waals surface area contributed by atoms with Gasteiger partial charge in [0.25, 0.3) is 5.56 Å². The molecule has 3 heterocycles. The molecule has 1 aliphatic heterocycles. The van der Waals surface area contributed by atoms with Gasteiger partial charge in [0.2, 0.25) is 0 Å². The smallest absolute Gasteiger partial charge is 0.250 e. The van der Waals surface area contributed by atoms with Gasteiger partial charge in [0.15, 0.2) is 5.82 Å². The van der Waals surface area contributed by atoms with Gasteiger partial charge in [-0.2, -0.15) is 0 Å². The van der Waals surface area contributed by atoms with Crippen LogP contribution in [0, 0.1) is 5.92 Å². The summed E-state index contributed by atoms with van der Waals surface area (Å²) in [6.07, 6.45) is 3.67. The average molecular weight is 259 g/mol. The van der Waals surface area contributed by atoms with Gasteiger partial charge in [-0.15, -0.1) is 10.2 Å². The summed E-state index contributed by atoms with van der Waals surface area (Å²) >= 11 is 0. The Hall–Kier alpha value is -1.95. The van der Waals surface area contributed by atoms with E-state index in [0.717, 1.165) is 36.6 Å². The fourth-order valence-corrected chi connectivity index (χ4v) is 2.50. The summed E-state index contributed by atoms with van der Waals surface area (Å²) in [7, 11) is 1.73. The van der Waals surface area contributed by atoms with Crippen molar-refractivity contribution >= 4 is 0 Å². The third-order valence-electron chi connectivity index (χ3n) is 3.76. The van der Waals surface area contributed by atoms with Crippen molar-refractivity contribution in [2.24, 2.45) is 18.7 Å². The molecule has 2 N–H and O–H groups in total. The lowest BCUT2D eigenvalue weighted by Gasteiger charge is -2.22. The first-order valence-corrected chi connectivity index (χ1v) is 6.48. The molecule has 0 bridgehead atoms. The van der Waals surface area contributed by atoms with Crippen LogP contribution >= 0.6 is 0 Å². The topological polar surface area (TPSA) is 78.7 Å². The number of aromatic nitrogens is 4. The van der Waals surface area contributed by atoms with Crippen LogP contribution in [0.25, 0.3) is 11.4 Å². The Morgan fingerprint density at radius 3 is 3.05 bits per heavy atom. The second-order valence-corrected chi connectivity index (χ2v) is 5.05. The molecule has 1 atom stereocenters. The molecular formula is C13H17N5O. The van der Waals surface area contributed by atoms with Crippen molar-refractivity contribution in [1.82, 2.24) is 19.3 Å². The third kappa shape index (κ3) is 2.08. The molecule has 100 valence electrons. The first-order chi connectivity index (χ1) is 9.19. The van der Waals surface area contributed by atoms with Crippen molar-refractivity contribution in [3.05, 3.63) is 34.5 Å². The summed E-state index contributed by atoms with van der Waals surface area (Å²) in [6.45, 7) is 1.56. The summed E-state index contributed by atoms with van der Waals surface area (Å²) in [5, 5.41) is 8.46. The standard InChI is InChI=1S/C13H17N5O/c1-17-4-3-10(7-12(17)19)13-16-15-11-6-9(8-14)2-5-18(11)13/h3-4,7,9H,2,5-6,8,14H2,1H3. The Morgan fingerprint density at radius 2 is 2.32 bits per heavy atom. The number of nitrogens with two attached hydrogens (primary N) is 1. The zero-order valence-electron chi connectivity index (χ0n) is 10.9. The maximum absolute atomic E-state index is 11.7. The number of pyridine rings is 1. The average Bonchev–Trinajstić information content (AvgIpc) is 2.84. The highest BCUT2D eigenvalue weighted by Gasteiger charge is 2.22. The van der Waals surface area contributed by atoms with Gasteiger partial charge < -0.3 is 14.9 Å². The van der Waals surface area contributed by atoms with Crippen LogP contribution in [0.2, 0.25) is 0 Å². The molecule has 0 radical (unpaired) electrons. The van der Waals surface area contributed by atoms with Crippen molar-refractivity contribution in [2.75, 3.05) is 6.54 Å². The Kier molecular flexibility index (Phi) is 2.94. The van der Waals surface area contributed by atoms with E-state index in [9.17, 15) is 4.79 Å². The molecule has 3 rings (SSSR count). The molecule has 0 amide bonds. The van der Waals surface area contributed by atoms with E-state index in [1.807, 2.05) is 6.07 Å². The summed E-state index contributed by atoms with van der Waals surface area (Å²) in [5.74, 6) is 2.24. The molecule has 0 fully saturated rings. The predicted octanol–water partition coefficient (Wildman–Crippen LogP) is 0.165. The maximum Gasteiger partial charge on any atom is 0.250 e. The van der Waals surface area contributed by atoms with E-state index < -0.39 is 0 Å². The van der Waals surface area contributed by atoms with Crippen LogP contribution in [0.3, 0.4) is 0 Å². The monoisotopic (exact) mass is 259 g/mol. The maximum atomic E-state index is 11.7. The summed E-state index contributed by atoms with van der Waals surface area (Å²) in [6, 6.07) is 3.50. The minimum absolute atomic E-state index is 0.0366. The van der Waals surface area contributed by atoms with Crippen LogP contribution in [0.15, 0.2) is 23.1 Å². The molecule has 1 unspecified atom stereocenters. The van der Waals surface area contributed by atoms with Gasteiger partial charge in [-0.3, -0.25) is 4.79 Å². The zero-order valence-corrected chi connectivity index (χ0v) is 10.9. The van der Waals surface area contributed by atoms with E-state index >= 15 is 0 Å². The molecule has 6 heteroatoms. The highest BCUT2D eigenvalue weighted by atomic mass is 16.1. The van der Waals surface area contributed by atoms with Crippen LogP contribution in [-0.2, 0) is 20.0 Å². The summed E-state index contributed by atoms with van der Waals surface area (Å²) in [5.41, 5.74) is 6.50.